The third kappa shape index (κ3) is 3.97. The second-order valence-electron chi connectivity index (χ2n) is 8.76. The number of aryl methyl sites for hydroxylation is 2. The number of carbonyl (C=O) groups is 1. The summed E-state index contributed by atoms with van der Waals surface area (Å²) in [6, 6.07) is 19.1. The number of halogens is 1. The monoisotopic (exact) mass is 499 g/mol. The first-order chi connectivity index (χ1) is 17.5. The molecule has 4 heterocycles. The van der Waals surface area contributed by atoms with Crippen molar-refractivity contribution in [1.29, 1.82) is 0 Å². The van der Waals surface area contributed by atoms with Gasteiger partial charge in [0.05, 0.1) is 5.69 Å². The number of ether oxygens (including phenoxy) is 1. The van der Waals surface area contributed by atoms with Crippen LogP contribution in [0.4, 0.5) is 5.82 Å². The Balaban J connectivity index is 1.30. The molecule has 6 rings (SSSR count). The van der Waals surface area contributed by atoms with Crippen LogP contribution in [0.15, 0.2) is 60.7 Å². The molecular weight excluding hydrogens is 478 g/mol. The van der Waals surface area contributed by atoms with Gasteiger partial charge in [-0.15, -0.1) is 15.3 Å². The molecule has 180 valence electrons. The zero-order chi connectivity index (χ0) is 24.8. The predicted molar refractivity (Wildman–Crippen MR) is 135 cm³/mol. The molecule has 0 unspecified atom stereocenters. The molecule has 1 atom stereocenters. The van der Waals surface area contributed by atoms with Gasteiger partial charge in [-0.3, -0.25) is 4.79 Å². The van der Waals surface area contributed by atoms with Crippen molar-refractivity contribution in [3.05, 3.63) is 93.9 Å². The molecule has 9 nitrogen and oxygen atoms in total. The summed E-state index contributed by atoms with van der Waals surface area (Å²) >= 11 is 6.06. The Bertz CT molecular complexity index is 1610. The van der Waals surface area contributed by atoms with Crippen LogP contribution >= 0.6 is 11.6 Å². The fraction of sp³-hybridized carbons (Fsp3) is 0.192. The van der Waals surface area contributed by atoms with Gasteiger partial charge in [0, 0.05) is 22.9 Å². The molecule has 0 aliphatic carbocycles. The van der Waals surface area contributed by atoms with Gasteiger partial charge in [-0.05, 0) is 61.4 Å². The third-order valence-corrected chi connectivity index (χ3v) is 6.54. The van der Waals surface area contributed by atoms with E-state index in [1.54, 1.807) is 9.20 Å². The molecule has 2 aromatic carbocycles. The molecule has 0 radical (unpaired) electrons. The number of hydrogen-bond acceptors (Lipinski definition) is 6. The number of hydrogen-bond donors (Lipinski definition) is 1. The van der Waals surface area contributed by atoms with Gasteiger partial charge in [-0.25, -0.2) is 0 Å². The SMILES string of the molecule is Cc1nn(-c2ccc3nnc(C)n3n2)c2c1[C@@H](c1ccc(OCc3cccc(Cl)c3)cc1)CC(=O)N2. The number of nitrogens with zero attached hydrogens (tertiary/aromatic N) is 6. The van der Waals surface area contributed by atoms with Crippen LogP contribution in [-0.2, 0) is 11.4 Å². The first-order valence-electron chi connectivity index (χ1n) is 11.5. The molecule has 0 spiro atoms. The van der Waals surface area contributed by atoms with Crippen LogP contribution in [-0.4, -0.2) is 35.5 Å². The maximum absolute atomic E-state index is 12.7. The average molecular weight is 500 g/mol. The van der Waals surface area contributed by atoms with Gasteiger partial charge in [-0.2, -0.15) is 14.3 Å². The highest BCUT2D eigenvalue weighted by Crippen LogP contribution is 2.40. The second kappa shape index (κ2) is 8.76. The average Bonchev–Trinajstić information content (AvgIpc) is 3.42. The van der Waals surface area contributed by atoms with Crippen LogP contribution in [0.25, 0.3) is 11.5 Å². The number of rotatable bonds is 5. The fourth-order valence-electron chi connectivity index (χ4n) is 4.59. The van der Waals surface area contributed by atoms with E-state index in [1.807, 2.05) is 74.5 Å². The van der Waals surface area contributed by atoms with E-state index in [0.29, 0.717) is 41.2 Å². The minimum atomic E-state index is -0.134. The van der Waals surface area contributed by atoms with Crippen LogP contribution in [0, 0.1) is 13.8 Å². The van der Waals surface area contributed by atoms with Crippen molar-refractivity contribution in [3.8, 4) is 11.6 Å². The van der Waals surface area contributed by atoms with E-state index >= 15 is 0 Å². The maximum Gasteiger partial charge on any atom is 0.226 e. The Hall–Kier alpha value is -4.24. The Morgan fingerprint density at radius 2 is 1.89 bits per heavy atom. The molecule has 3 aromatic heterocycles. The Kier molecular flexibility index (Phi) is 5.41. The fourth-order valence-corrected chi connectivity index (χ4v) is 4.80. The van der Waals surface area contributed by atoms with Crippen LogP contribution in [0.5, 0.6) is 5.75 Å². The number of amides is 1. The molecule has 0 saturated heterocycles. The third-order valence-electron chi connectivity index (χ3n) is 6.30. The summed E-state index contributed by atoms with van der Waals surface area (Å²) in [6.45, 7) is 4.20. The molecular formula is C26H22ClN7O2. The summed E-state index contributed by atoms with van der Waals surface area (Å²) in [5.74, 6) is 2.41. The highest BCUT2D eigenvalue weighted by Gasteiger charge is 2.33. The zero-order valence-electron chi connectivity index (χ0n) is 19.6. The topological polar surface area (TPSA) is 99.2 Å². The van der Waals surface area contributed by atoms with Crippen LogP contribution in [0.2, 0.25) is 5.02 Å². The smallest absolute Gasteiger partial charge is 0.226 e. The summed E-state index contributed by atoms with van der Waals surface area (Å²) in [4.78, 5) is 12.7. The number of benzene rings is 2. The van der Waals surface area contributed by atoms with Gasteiger partial charge in [0.1, 0.15) is 18.2 Å². The van der Waals surface area contributed by atoms with Crippen molar-refractivity contribution in [2.45, 2.75) is 32.8 Å². The number of carbonyl (C=O) groups excluding carboxylic acids is 1. The molecule has 1 aliphatic heterocycles. The molecule has 1 N–H and O–H groups in total. The molecule has 1 aliphatic rings. The largest absolute Gasteiger partial charge is 0.489 e. The Morgan fingerprint density at radius 3 is 2.69 bits per heavy atom. The number of fused-ring (bicyclic) bond motifs is 2. The lowest BCUT2D eigenvalue weighted by molar-refractivity contribution is -0.116. The minimum absolute atomic E-state index is 0.0727. The van der Waals surface area contributed by atoms with E-state index in [-0.39, 0.29) is 11.8 Å². The maximum atomic E-state index is 12.7. The van der Waals surface area contributed by atoms with E-state index in [4.69, 9.17) is 21.4 Å². The first kappa shape index (κ1) is 22.2. The van der Waals surface area contributed by atoms with E-state index in [2.05, 4.69) is 20.6 Å². The molecule has 0 saturated carbocycles. The van der Waals surface area contributed by atoms with Crippen LogP contribution in [0.1, 0.15) is 40.5 Å². The minimum Gasteiger partial charge on any atom is -0.489 e. The van der Waals surface area contributed by atoms with Gasteiger partial charge in [-0.1, -0.05) is 35.9 Å². The molecule has 36 heavy (non-hydrogen) atoms. The van der Waals surface area contributed by atoms with Crippen molar-refractivity contribution in [1.82, 2.24) is 29.6 Å². The van der Waals surface area contributed by atoms with Gasteiger partial charge >= 0.3 is 0 Å². The standard InChI is InChI=1S/C26H22ClN7O2/c1-15-25-21(18-6-8-20(9-7-18)36-14-17-4-3-5-19(27)12-17)13-24(35)28-26(25)34(31-15)23-11-10-22-30-29-16(2)33(22)32-23/h3-12,21H,13-14H2,1-2H3,(H,28,35)/t21-/m1/s1. The van der Waals surface area contributed by atoms with Gasteiger partial charge in [0.15, 0.2) is 17.3 Å². The van der Waals surface area contributed by atoms with Crippen molar-refractivity contribution in [3.63, 3.8) is 0 Å². The van der Waals surface area contributed by atoms with E-state index in [1.165, 1.54) is 0 Å². The molecule has 0 bridgehead atoms. The summed E-state index contributed by atoms with van der Waals surface area (Å²) in [7, 11) is 0. The van der Waals surface area contributed by atoms with Crippen LogP contribution < -0.4 is 10.1 Å². The quantitative estimate of drug-likeness (QED) is 0.378. The van der Waals surface area contributed by atoms with E-state index in [0.717, 1.165) is 28.1 Å². The predicted octanol–water partition coefficient (Wildman–Crippen LogP) is 4.63. The van der Waals surface area contributed by atoms with Crippen molar-refractivity contribution in [2.24, 2.45) is 0 Å². The summed E-state index contributed by atoms with van der Waals surface area (Å²) in [6.07, 6.45) is 0.333. The number of aromatic nitrogens is 6. The second-order valence-corrected chi connectivity index (χ2v) is 9.20. The molecule has 1 amide bonds. The molecule has 10 heteroatoms. The highest BCUT2D eigenvalue weighted by molar-refractivity contribution is 6.30. The zero-order valence-corrected chi connectivity index (χ0v) is 20.4. The van der Waals surface area contributed by atoms with Crippen molar-refractivity contribution in [2.75, 3.05) is 5.32 Å². The molecule has 5 aromatic rings. The van der Waals surface area contributed by atoms with Crippen molar-refractivity contribution >= 4 is 29.0 Å². The van der Waals surface area contributed by atoms with Gasteiger partial charge in [0.25, 0.3) is 0 Å². The Labute approximate surface area is 211 Å². The lowest BCUT2D eigenvalue weighted by atomic mass is 9.86. The molecule has 0 fully saturated rings. The van der Waals surface area contributed by atoms with Gasteiger partial charge < -0.3 is 10.1 Å². The number of nitrogens with one attached hydrogen (secondary N) is 1. The summed E-state index contributed by atoms with van der Waals surface area (Å²) < 4.78 is 9.26. The van der Waals surface area contributed by atoms with E-state index < -0.39 is 0 Å². The highest BCUT2D eigenvalue weighted by atomic mass is 35.5. The van der Waals surface area contributed by atoms with Crippen molar-refractivity contribution < 1.29 is 9.53 Å². The number of anilines is 1. The summed E-state index contributed by atoms with van der Waals surface area (Å²) in [5, 5.41) is 21.2. The van der Waals surface area contributed by atoms with E-state index in [9.17, 15) is 4.79 Å². The van der Waals surface area contributed by atoms with Crippen LogP contribution in [0.3, 0.4) is 0 Å². The summed E-state index contributed by atoms with van der Waals surface area (Å²) in [5.41, 5.74) is 4.47. The normalized spacial score (nSPS) is 15.1. The lowest BCUT2D eigenvalue weighted by Crippen LogP contribution is -2.25. The van der Waals surface area contributed by atoms with Gasteiger partial charge in [0.2, 0.25) is 5.91 Å². The lowest BCUT2D eigenvalue weighted by Gasteiger charge is -2.24. The first-order valence-corrected chi connectivity index (χ1v) is 11.9. The Morgan fingerprint density at radius 1 is 1.06 bits per heavy atom.